The minimum atomic E-state index is -2.89. The number of hydrogen-bond acceptors (Lipinski definition) is 4. The molecule has 1 aliphatic rings. The summed E-state index contributed by atoms with van der Waals surface area (Å²) in [5.74, 6) is 0.290. The highest BCUT2D eigenvalue weighted by Crippen LogP contribution is 2.00. The zero-order valence-electron chi connectivity index (χ0n) is 6.54. The highest BCUT2D eigenvalue weighted by molar-refractivity contribution is 7.91. The monoisotopic (exact) mass is 179 g/mol. The van der Waals surface area contributed by atoms with Gasteiger partial charge in [-0.3, -0.25) is 5.32 Å². The van der Waals surface area contributed by atoms with E-state index in [1.807, 2.05) is 0 Å². The lowest BCUT2D eigenvalue weighted by Crippen LogP contribution is -2.31. The van der Waals surface area contributed by atoms with Gasteiger partial charge in [-0.2, -0.15) is 0 Å². The fourth-order valence-corrected chi connectivity index (χ4v) is 1.85. The summed E-state index contributed by atoms with van der Waals surface area (Å²) in [4.78, 5) is 0. The van der Waals surface area contributed by atoms with Crippen LogP contribution in [0.5, 0.6) is 0 Å². The Hall–Kier alpha value is -0.130. The van der Waals surface area contributed by atoms with Gasteiger partial charge in [0.15, 0.2) is 9.84 Å². The average molecular weight is 179 g/mol. The Morgan fingerprint density at radius 3 is 2.82 bits per heavy atom. The molecule has 0 bridgehead atoms. The van der Waals surface area contributed by atoms with Crippen molar-refractivity contribution in [1.29, 1.82) is 0 Å². The lowest BCUT2D eigenvalue weighted by molar-refractivity contribution is 0.119. The molecule has 0 aromatic rings. The zero-order valence-corrected chi connectivity index (χ0v) is 7.36. The van der Waals surface area contributed by atoms with Crippen molar-refractivity contribution >= 4 is 9.84 Å². The molecule has 0 amide bonds. The van der Waals surface area contributed by atoms with Crippen molar-refractivity contribution in [2.45, 2.75) is 13.2 Å². The first-order chi connectivity index (χ1) is 5.14. The van der Waals surface area contributed by atoms with Crippen LogP contribution in [0.1, 0.15) is 6.92 Å². The Labute approximate surface area is 66.8 Å². The maximum atomic E-state index is 11.0. The molecule has 4 nitrogen and oxygen atoms in total. The number of hydrogen-bond donors (Lipinski definition) is 1. The second-order valence-corrected chi connectivity index (χ2v) is 4.91. The normalized spacial score (nSPS) is 25.7. The maximum absolute atomic E-state index is 11.0. The second kappa shape index (κ2) is 3.51. The second-order valence-electron chi connectivity index (χ2n) is 2.51. The smallest absolute Gasteiger partial charge is 0.153 e. The van der Waals surface area contributed by atoms with Gasteiger partial charge in [0, 0.05) is 12.3 Å². The van der Waals surface area contributed by atoms with Gasteiger partial charge in [-0.1, -0.05) is 6.92 Å². The van der Waals surface area contributed by atoms with Gasteiger partial charge in [0.25, 0.3) is 0 Å². The van der Waals surface area contributed by atoms with Gasteiger partial charge in [0.1, 0.15) is 6.23 Å². The molecule has 0 saturated carbocycles. The van der Waals surface area contributed by atoms with E-state index < -0.39 is 9.84 Å². The molecule has 5 heteroatoms. The Morgan fingerprint density at radius 2 is 2.36 bits per heavy atom. The maximum Gasteiger partial charge on any atom is 0.153 e. The molecule has 1 rings (SSSR count). The number of rotatable bonds is 3. The summed E-state index contributed by atoms with van der Waals surface area (Å²) < 4.78 is 27.2. The first-order valence-corrected chi connectivity index (χ1v) is 5.51. The number of sulfone groups is 1. The molecule has 0 aromatic heterocycles. The summed E-state index contributed by atoms with van der Waals surface area (Å²) >= 11 is 0. The minimum absolute atomic E-state index is 0.101. The third-order valence-corrected chi connectivity index (χ3v) is 3.33. The zero-order chi connectivity index (χ0) is 8.32. The van der Waals surface area contributed by atoms with Gasteiger partial charge in [-0.25, -0.2) is 8.42 Å². The van der Waals surface area contributed by atoms with E-state index in [1.165, 1.54) is 0 Å². The van der Waals surface area contributed by atoms with Gasteiger partial charge >= 0.3 is 0 Å². The molecule has 1 N–H and O–H groups in total. The lowest BCUT2D eigenvalue weighted by atomic mass is 10.6. The van der Waals surface area contributed by atoms with E-state index >= 15 is 0 Å². The molecule has 1 heterocycles. The summed E-state index contributed by atoms with van der Waals surface area (Å²) in [6.45, 7) is 3.01. The van der Waals surface area contributed by atoms with E-state index in [1.54, 1.807) is 6.92 Å². The third-order valence-electron chi connectivity index (χ3n) is 1.64. The van der Waals surface area contributed by atoms with Crippen LogP contribution in [0.15, 0.2) is 0 Å². The van der Waals surface area contributed by atoms with Gasteiger partial charge in [0.05, 0.1) is 12.4 Å². The topological polar surface area (TPSA) is 55.4 Å². The first kappa shape index (κ1) is 8.96. The standard InChI is InChI=1S/C6H13NO3S/c1-2-11(8,9)5-6-7-3-4-10-6/h6-7H,2-5H2,1H3. The molecule has 11 heavy (non-hydrogen) atoms. The van der Waals surface area contributed by atoms with Gasteiger partial charge in [-0.15, -0.1) is 0 Å². The average Bonchev–Trinajstić information content (AvgIpc) is 2.39. The molecule has 0 aliphatic carbocycles. The molecule has 0 spiro atoms. The Morgan fingerprint density at radius 1 is 1.64 bits per heavy atom. The molecule has 1 atom stereocenters. The van der Waals surface area contributed by atoms with E-state index in [4.69, 9.17) is 4.74 Å². The van der Waals surface area contributed by atoms with Crippen LogP contribution in [0.4, 0.5) is 0 Å². The van der Waals surface area contributed by atoms with E-state index in [9.17, 15) is 8.42 Å². The molecule has 1 aliphatic heterocycles. The predicted molar refractivity (Wildman–Crippen MR) is 42.1 cm³/mol. The van der Waals surface area contributed by atoms with Crippen molar-refractivity contribution in [2.24, 2.45) is 0 Å². The van der Waals surface area contributed by atoms with E-state index in [0.717, 1.165) is 6.54 Å². The molecule has 0 radical (unpaired) electrons. The van der Waals surface area contributed by atoms with Crippen molar-refractivity contribution in [3.05, 3.63) is 0 Å². The summed E-state index contributed by atoms with van der Waals surface area (Å²) in [5.41, 5.74) is 0. The van der Waals surface area contributed by atoms with Gasteiger partial charge in [-0.05, 0) is 0 Å². The Kier molecular flexibility index (Phi) is 2.86. The molecule has 1 unspecified atom stereocenters. The predicted octanol–water partition coefficient (Wildman–Crippen LogP) is -0.633. The Bertz CT molecular complexity index is 206. The summed E-state index contributed by atoms with van der Waals surface area (Å²) in [6.07, 6.45) is -0.278. The summed E-state index contributed by atoms with van der Waals surface area (Å²) in [6, 6.07) is 0. The van der Waals surface area contributed by atoms with Crippen molar-refractivity contribution in [3.8, 4) is 0 Å². The largest absolute Gasteiger partial charge is 0.361 e. The molecule has 66 valence electrons. The molecular formula is C6H13NO3S. The highest BCUT2D eigenvalue weighted by atomic mass is 32.2. The Balaban J connectivity index is 2.41. The van der Waals surface area contributed by atoms with Crippen molar-refractivity contribution < 1.29 is 13.2 Å². The molecule has 1 fully saturated rings. The van der Waals surface area contributed by atoms with Crippen LogP contribution in [0.25, 0.3) is 0 Å². The van der Waals surface area contributed by atoms with E-state index in [2.05, 4.69) is 5.32 Å². The molecular weight excluding hydrogens is 166 g/mol. The van der Waals surface area contributed by atoms with Gasteiger partial charge in [0.2, 0.25) is 0 Å². The lowest BCUT2D eigenvalue weighted by Gasteiger charge is -2.08. The van der Waals surface area contributed by atoms with Gasteiger partial charge < -0.3 is 4.74 Å². The van der Waals surface area contributed by atoms with Crippen LogP contribution >= 0.6 is 0 Å². The summed E-state index contributed by atoms with van der Waals surface area (Å²) in [5, 5.41) is 2.95. The fraction of sp³-hybridized carbons (Fsp3) is 1.00. The first-order valence-electron chi connectivity index (χ1n) is 3.69. The highest BCUT2D eigenvalue weighted by Gasteiger charge is 2.20. The van der Waals surface area contributed by atoms with Crippen molar-refractivity contribution in [2.75, 3.05) is 24.7 Å². The van der Waals surface area contributed by atoms with Crippen LogP contribution in [0, 0.1) is 0 Å². The third kappa shape index (κ3) is 2.76. The van der Waals surface area contributed by atoms with Crippen LogP contribution < -0.4 is 5.32 Å². The molecule has 1 saturated heterocycles. The van der Waals surface area contributed by atoms with E-state index in [-0.39, 0.29) is 17.7 Å². The van der Waals surface area contributed by atoms with Crippen LogP contribution in [-0.4, -0.2) is 39.3 Å². The van der Waals surface area contributed by atoms with Crippen LogP contribution in [0.2, 0.25) is 0 Å². The number of ether oxygens (including phenoxy) is 1. The van der Waals surface area contributed by atoms with Crippen LogP contribution in [0.3, 0.4) is 0 Å². The minimum Gasteiger partial charge on any atom is -0.361 e. The quantitative estimate of drug-likeness (QED) is 0.626. The fourth-order valence-electron chi connectivity index (χ4n) is 0.936. The number of nitrogens with one attached hydrogen (secondary N) is 1. The SMILES string of the molecule is CCS(=O)(=O)CC1NCCO1. The van der Waals surface area contributed by atoms with Crippen molar-refractivity contribution in [1.82, 2.24) is 5.32 Å². The summed E-state index contributed by atoms with van der Waals surface area (Å²) in [7, 11) is -2.89. The van der Waals surface area contributed by atoms with Crippen LogP contribution in [-0.2, 0) is 14.6 Å². The van der Waals surface area contributed by atoms with Crippen molar-refractivity contribution in [3.63, 3.8) is 0 Å². The van der Waals surface area contributed by atoms with E-state index in [0.29, 0.717) is 6.61 Å². The molecule has 0 aromatic carbocycles.